The van der Waals surface area contributed by atoms with Gasteiger partial charge >= 0.3 is 5.97 Å². The predicted molar refractivity (Wildman–Crippen MR) is 74.9 cm³/mol. The van der Waals surface area contributed by atoms with E-state index >= 15 is 0 Å². The molecule has 0 spiro atoms. The number of esters is 1. The summed E-state index contributed by atoms with van der Waals surface area (Å²) in [5.74, 6) is -2.43. The highest BCUT2D eigenvalue weighted by Crippen LogP contribution is 2.65. The Balaban J connectivity index is 1.96. The van der Waals surface area contributed by atoms with Crippen molar-refractivity contribution >= 4 is 17.6 Å². The molecule has 0 unspecified atom stereocenters. The van der Waals surface area contributed by atoms with Crippen LogP contribution >= 0.6 is 0 Å². The fourth-order valence-corrected chi connectivity index (χ4v) is 3.56. The van der Waals surface area contributed by atoms with Gasteiger partial charge in [-0.1, -0.05) is 13.8 Å². The van der Waals surface area contributed by atoms with Gasteiger partial charge in [0, 0.05) is 11.5 Å². The van der Waals surface area contributed by atoms with E-state index in [9.17, 15) is 18.4 Å². The lowest BCUT2D eigenvalue weighted by Gasteiger charge is -2.35. The summed E-state index contributed by atoms with van der Waals surface area (Å²) in [4.78, 5) is 24.8. The molecule has 1 aromatic carbocycles. The summed E-state index contributed by atoms with van der Waals surface area (Å²) in [7, 11) is 0. The Hall–Kier alpha value is -1.98. The zero-order chi connectivity index (χ0) is 16.3. The lowest BCUT2D eigenvalue weighted by atomic mass is 9.66. The highest BCUT2D eigenvalue weighted by Gasteiger charge is 2.75. The number of nitrogens with one attached hydrogen (secondary N) is 1. The van der Waals surface area contributed by atoms with E-state index in [2.05, 4.69) is 5.32 Å². The topological polar surface area (TPSA) is 55.4 Å². The minimum Gasteiger partial charge on any atom is -0.448 e. The molecule has 1 heterocycles. The fraction of sp³-hybridized carbons (Fsp3) is 0.500. The zero-order valence-electron chi connectivity index (χ0n) is 12.6. The van der Waals surface area contributed by atoms with E-state index in [-0.39, 0.29) is 5.69 Å². The van der Waals surface area contributed by atoms with E-state index in [1.807, 2.05) is 0 Å². The number of hydrogen-bond donors (Lipinski definition) is 1. The molecule has 1 saturated carbocycles. The smallest absolute Gasteiger partial charge is 0.313 e. The van der Waals surface area contributed by atoms with E-state index in [0.717, 1.165) is 18.2 Å². The highest BCUT2D eigenvalue weighted by molar-refractivity contribution is 6.03. The van der Waals surface area contributed by atoms with Crippen molar-refractivity contribution in [1.29, 1.82) is 0 Å². The van der Waals surface area contributed by atoms with E-state index in [1.54, 1.807) is 20.8 Å². The Morgan fingerprint density at radius 2 is 1.91 bits per heavy atom. The second kappa shape index (κ2) is 4.27. The number of amides is 1. The molecular weight excluding hydrogens is 292 g/mol. The summed E-state index contributed by atoms with van der Waals surface area (Å²) < 4.78 is 32.3. The van der Waals surface area contributed by atoms with Gasteiger partial charge in [-0.05, 0) is 31.9 Å². The molecule has 6 heteroatoms. The standard InChI is InChI=1S/C16H17F2NO3/c1-14(2)15(3)6-7-16(14,22-13(15)21)12(20)19-11-8-9(17)4-5-10(11)18/h4-5,8H,6-7H2,1-3H3,(H,19,20)/t15-,16-/m1/s1. The Bertz CT molecular complexity index is 688. The summed E-state index contributed by atoms with van der Waals surface area (Å²) in [6.45, 7) is 5.37. The number of anilines is 1. The van der Waals surface area contributed by atoms with Crippen molar-refractivity contribution in [2.45, 2.75) is 39.2 Å². The molecule has 2 bridgehead atoms. The van der Waals surface area contributed by atoms with Gasteiger partial charge in [0.15, 0.2) is 5.60 Å². The van der Waals surface area contributed by atoms with Gasteiger partial charge in [-0.2, -0.15) is 0 Å². The lowest BCUT2D eigenvalue weighted by molar-refractivity contribution is -0.165. The van der Waals surface area contributed by atoms with Gasteiger partial charge in [-0.15, -0.1) is 0 Å². The van der Waals surface area contributed by atoms with Crippen LogP contribution in [0.15, 0.2) is 18.2 Å². The van der Waals surface area contributed by atoms with Crippen molar-refractivity contribution in [3.63, 3.8) is 0 Å². The van der Waals surface area contributed by atoms with E-state index < -0.39 is 39.9 Å². The summed E-state index contributed by atoms with van der Waals surface area (Å²) in [5.41, 5.74) is -3.08. The molecule has 1 aliphatic carbocycles. The molecule has 1 amide bonds. The second-order valence-electron chi connectivity index (χ2n) is 6.75. The number of rotatable bonds is 2. The molecule has 4 nitrogen and oxygen atoms in total. The molecule has 2 atom stereocenters. The van der Waals surface area contributed by atoms with Crippen LogP contribution in [0.4, 0.5) is 14.5 Å². The van der Waals surface area contributed by atoms with Gasteiger partial charge in [-0.3, -0.25) is 9.59 Å². The number of benzene rings is 1. The van der Waals surface area contributed by atoms with E-state index in [1.165, 1.54) is 0 Å². The predicted octanol–water partition coefficient (Wildman–Crippen LogP) is 3.03. The number of carbonyl (C=O) groups excluding carboxylic acids is 2. The molecule has 1 aromatic rings. The van der Waals surface area contributed by atoms with Crippen LogP contribution in [0.1, 0.15) is 33.6 Å². The Morgan fingerprint density at radius 3 is 2.45 bits per heavy atom. The highest BCUT2D eigenvalue weighted by atomic mass is 19.1. The largest absolute Gasteiger partial charge is 0.448 e. The molecule has 2 fully saturated rings. The van der Waals surface area contributed by atoms with Crippen LogP contribution in [0, 0.1) is 22.5 Å². The molecule has 2 aliphatic rings. The van der Waals surface area contributed by atoms with Crippen LogP contribution in [-0.4, -0.2) is 17.5 Å². The first-order chi connectivity index (χ1) is 10.1. The van der Waals surface area contributed by atoms with Crippen molar-refractivity contribution in [2.24, 2.45) is 10.8 Å². The van der Waals surface area contributed by atoms with Gasteiger partial charge < -0.3 is 10.1 Å². The van der Waals surface area contributed by atoms with Crippen LogP contribution in [0.5, 0.6) is 0 Å². The Kier molecular flexibility index (Phi) is 2.90. The van der Waals surface area contributed by atoms with Gasteiger partial charge in [0.1, 0.15) is 11.6 Å². The van der Waals surface area contributed by atoms with Crippen LogP contribution in [0.25, 0.3) is 0 Å². The van der Waals surface area contributed by atoms with Crippen molar-refractivity contribution in [1.82, 2.24) is 0 Å². The summed E-state index contributed by atoms with van der Waals surface area (Å²) in [5, 5.41) is 2.37. The van der Waals surface area contributed by atoms with Gasteiger partial charge in [0.25, 0.3) is 5.91 Å². The van der Waals surface area contributed by atoms with Gasteiger partial charge in [0.05, 0.1) is 11.1 Å². The summed E-state index contributed by atoms with van der Waals surface area (Å²) >= 11 is 0. The third-order valence-corrected chi connectivity index (χ3v) is 5.63. The number of ether oxygens (including phenoxy) is 1. The molecule has 22 heavy (non-hydrogen) atoms. The van der Waals surface area contributed by atoms with Gasteiger partial charge in [0.2, 0.25) is 0 Å². The average Bonchev–Trinajstić information content (AvgIpc) is 2.73. The number of fused-ring (bicyclic) bond motifs is 2. The maximum Gasteiger partial charge on any atom is 0.313 e. The third-order valence-electron chi connectivity index (χ3n) is 5.63. The zero-order valence-corrected chi connectivity index (χ0v) is 12.6. The average molecular weight is 309 g/mol. The van der Waals surface area contributed by atoms with Crippen molar-refractivity contribution < 1.29 is 23.1 Å². The maximum atomic E-state index is 13.7. The van der Waals surface area contributed by atoms with Crippen molar-refractivity contribution in [3.05, 3.63) is 29.8 Å². The molecule has 1 N–H and O–H groups in total. The SMILES string of the molecule is CC1(C)[C@]2(C)CC[C@]1(C(=O)Nc1cc(F)ccc1F)OC2=O. The Morgan fingerprint density at radius 1 is 1.23 bits per heavy atom. The quantitative estimate of drug-likeness (QED) is 0.854. The number of halogens is 2. The van der Waals surface area contributed by atoms with Crippen LogP contribution < -0.4 is 5.32 Å². The summed E-state index contributed by atoms with van der Waals surface area (Å²) in [6.07, 6.45) is 0.892. The molecule has 1 aliphatic heterocycles. The molecule has 0 radical (unpaired) electrons. The van der Waals surface area contributed by atoms with Crippen molar-refractivity contribution in [3.8, 4) is 0 Å². The van der Waals surface area contributed by atoms with E-state index in [0.29, 0.717) is 12.8 Å². The maximum absolute atomic E-state index is 13.7. The van der Waals surface area contributed by atoms with E-state index in [4.69, 9.17) is 4.74 Å². The first-order valence-corrected chi connectivity index (χ1v) is 7.14. The molecule has 1 saturated heterocycles. The second-order valence-corrected chi connectivity index (χ2v) is 6.75. The molecule has 3 rings (SSSR count). The fourth-order valence-electron chi connectivity index (χ4n) is 3.56. The number of hydrogen-bond acceptors (Lipinski definition) is 3. The summed E-state index contributed by atoms with van der Waals surface area (Å²) in [6, 6.07) is 2.81. The first-order valence-electron chi connectivity index (χ1n) is 7.14. The van der Waals surface area contributed by atoms with Gasteiger partial charge in [-0.25, -0.2) is 8.78 Å². The third kappa shape index (κ3) is 1.61. The Labute approximate surface area is 126 Å². The van der Waals surface area contributed by atoms with Crippen LogP contribution in [0.2, 0.25) is 0 Å². The minimum atomic E-state index is -1.35. The van der Waals surface area contributed by atoms with Crippen molar-refractivity contribution in [2.75, 3.05) is 5.32 Å². The first kappa shape index (κ1) is 14.9. The monoisotopic (exact) mass is 309 g/mol. The molecular formula is C16H17F2NO3. The van der Waals surface area contributed by atoms with Crippen LogP contribution in [0.3, 0.4) is 0 Å². The number of carbonyl (C=O) groups is 2. The normalized spacial score (nSPS) is 32.0. The minimum absolute atomic E-state index is 0.258. The lowest BCUT2D eigenvalue weighted by Crippen LogP contribution is -2.50. The van der Waals surface area contributed by atoms with Crippen LogP contribution in [-0.2, 0) is 14.3 Å². The molecule has 118 valence electrons. The molecule has 0 aromatic heterocycles.